The van der Waals surface area contributed by atoms with E-state index in [1.807, 2.05) is 19.1 Å². The topological polar surface area (TPSA) is 68.2 Å². The van der Waals surface area contributed by atoms with Crippen LogP contribution in [0.1, 0.15) is 63.6 Å². The van der Waals surface area contributed by atoms with Crippen LogP contribution in [0.15, 0.2) is 24.3 Å². The third-order valence-corrected chi connectivity index (χ3v) is 5.24. The lowest BCUT2D eigenvalue weighted by atomic mass is 10.0. The molecule has 0 saturated carbocycles. The van der Waals surface area contributed by atoms with E-state index in [0.717, 1.165) is 18.7 Å². The van der Waals surface area contributed by atoms with Crippen LogP contribution in [0.3, 0.4) is 0 Å². The summed E-state index contributed by atoms with van der Waals surface area (Å²) >= 11 is 0. The van der Waals surface area contributed by atoms with Crippen LogP contribution in [0.4, 0.5) is 4.79 Å². The van der Waals surface area contributed by atoms with Gasteiger partial charge in [-0.2, -0.15) is 5.26 Å². The van der Waals surface area contributed by atoms with E-state index < -0.39 is 0 Å². The van der Waals surface area contributed by atoms with Gasteiger partial charge in [0.25, 0.3) is 0 Å². The highest BCUT2D eigenvalue weighted by Crippen LogP contribution is 2.17. The summed E-state index contributed by atoms with van der Waals surface area (Å²) in [7, 11) is 0. The van der Waals surface area contributed by atoms with Gasteiger partial charge < -0.3 is 10.6 Å². The molecule has 2 N–H and O–H groups in total. The van der Waals surface area contributed by atoms with Gasteiger partial charge in [0.2, 0.25) is 0 Å². The fourth-order valence-corrected chi connectivity index (χ4v) is 3.59. The number of nitriles is 1. The largest absolute Gasteiger partial charge is 0.337 e. The molecule has 2 amide bonds. The average molecular weight is 357 g/mol. The van der Waals surface area contributed by atoms with E-state index in [1.54, 1.807) is 12.1 Å². The van der Waals surface area contributed by atoms with Gasteiger partial charge in [-0.1, -0.05) is 38.8 Å². The third-order valence-electron chi connectivity index (χ3n) is 5.24. The van der Waals surface area contributed by atoms with Crippen LogP contribution < -0.4 is 10.6 Å². The molecule has 2 atom stereocenters. The second kappa shape index (κ2) is 10.2. The fraction of sp³-hybridized carbons (Fsp3) is 0.619. The Kier molecular flexibility index (Phi) is 7.93. The summed E-state index contributed by atoms with van der Waals surface area (Å²) in [4.78, 5) is 14.9. The molecule has 2 unspecified atom stereocenters. The summed E-state index contributed by atoms with van der Waals surface area (Å²) in [5, 5.41) is 14.9. The van der Waals surface area contributed by atoms with Gasteiger partial charge in [-0.3, -0.25) is 4.90 Å². The summed E-state index contributed by atoms with van der Waals surface area (Å²) in [6, 6.07) is 9.58. The van der Waals surface area contributed by atoms with Crippen LogP contribution in [0.25, 0.3) is 0 Å². The molecule has 26 heavy (non-hydrogen) atoms. The molecule has 5 heteroatoms. The third kappa shape index (κ3) is 6.03. The number of carbonyl (C=O) groups excluding carboxylic acids is 1. The molecule has 142 valence electrons. The lowest BCUT2D eigenvalue weighted by Gasteiger charge is -2.33. The van der Waals surface area contributed by atoms with Crippen LogP contribution in [-0.2, 0) is 0 Å². The highest BCUT2D eigenvalue weighted by molar-refractivity contribution is 5.74. The Balaban J connectivity index is 1.85. The van der Waals surface area contributed by atoms with Gasteiger partial charge in [-0.15, -0.1) is 0 Å². The summed E-state index contributed by atoms with van der Waals surface area (Å²) in [6.45, 7) is 9.35. The molecule has 0 bridgehead atoms. The van der Waals surface area contributed by atoms with Crippen molar-refractivity contribution in [2.45, 2.75) is 58.5 Å². The van der Waals surface area contributed by atoms with Gasteiger partial charge >= 0.3 is 6.03 Å². The van der Waals surface area contributed by atoms with Crippen molar-refractivity contribution in [1.82, 2.24) is 15.5 Å². The van der Waals surface area contributed by atoms with Crippen molar-refractivity contribution in [3.8, 4) is 6.07 Å². The highest BCUT2D eigenvalue weighted by atomic mass is 16.2. The van der Waals surface area contributed by atoms with Gasteiger partial charge in [0.05, 0.1) is 17.7 Å². The first-order chi connectivity index (χ1) is 12.5. The molecule has 2 rings (SSSR count). The van der Waals surface area contributed by atoms with Crippen molar-refractivity contribution < 1.29 is 4.79 Å². The molecular formula is C21H32N4O. The predicted molar refractivity (Wildman–Crippen MR) is 105 cm³/mol. The van der Waals surface area contributed by atoms with Crippen molar-refractivity contribution in [3.63, 3.8) is 0 Å². The van der Waals surface area contributed by atoms with Crippen LogP contribution in [0.2, 0.25) is 0 Å². The zero-order chi connectivity index (χ0) is 18.9. The standard InChI is InChI=1S/C21H32N4O/c1-16(2)20(25-12-6-4-5-7-13-25)15-23-21(26)24-17(3)19-10-8-18(14-22)9-11-19/h8-11,16-17,20H,4-7,12-13,15H2,1-3H3,(H2,23,24,26). The quantitative estimate of drug-likeness (QED) is 0.814. The van der Waals surface area contributed by atoms with E-state index in [9.17, 15) is 4.79 Å². The number of likely N-dealkylation sites (tertiary alicyclic amines) is 1. The summed E-state index contributed by atoms with van der Waals surface area (Å²) in [6.07, 6.45) is 5.14. The monoisotopic (exact) mass is 356 g/mol. The second-order valence-electron chi connectivity index (χ2n) is 7.57. The van der Waals surface area contributed by atoms with Gasteiger partial charge in [-0.25, -0.2) is 4.79 Å². The number of rotatable bonds is 6. The molecular weight excluding hydrogens is 324 g/mol. The minimum atomic E-state index is -0.137. The van der Waals surface area contributed by atoms with Crippen LogP contribution in [0, 0.1) is 17.2 Å². The SMILES string of the molecule is CC(NC(=O)NCC(C(C)C)N1CCCCCC1)c1ccc(C#N)cc1. The first-order valence-electron chi connectivity index (χ1n) is 9.79. The van der Waals surface area contributed by atoms with Crippen molar-refractivity contribution in [3.05, 3.63) is 35.4 Å². The van der Waals surface area contributed by atoms with E-state index in [1.165, 1.54) is 25.7 Å². The van der Waals surface area contributed by atoms with Crippen LogP contribution in [0.5, 0.6) is 0 Å². The number of urea groups is 1. The Morgan fingerprint density at radius 1 is 1.12 bits per heavy atom. The molecule has 1 aliphatic rings. The number of benzene rings is 1. The van der Waals surface area contributed by atoms with E-state index in [-0.39, 0.29) is 12.1 Å². The molecule has 0 spiro atoms. The zero-order valence-electron chi connectivity index (χ0n) is 16.3. The van der Waals surface area contributed by atoms with Crippen molar-refractivity contribution in [2.75, 3.05) is 19.6 Å². The number of amides is 2. The predicted octanol–water partition coefficient (Wildman–Crippen LogP) is 3.82. The van der Waals surface area contributed by atoms with Crippen molar-refractivity contribution in [2.24, 2.45) is 5.92 Å². The maximum atomic E-state index is 12.3. The Morgan fingerprint density at radius 3 is 2.27 bits per heavy atom. The zero-order valence-corrected chi connectivity index (χ0v) is 16.3. The van der Waals surface area contributed by atoms with Gasteiger partial charge in [0, 0.05) is 12.6 Å². The molecule has 0 aromatic heterocycles. The van der Waals surface area contributed by atoms with Crippen molar-refractivity contribution in [1.29, 1.82) is 5.26 Å². The number of carbonyl (C=O) groups is 1. The number of nitrogens with one attached hydrogen (secondary N) is 2. The molecule has 1 aromatic carbocycles. The average Bonchev–Trinajstić information content (AvgIpc) is 2.91. The van der Waals surface area contributed by atoms with Gasteiger partial charge in [-0.05, 0) is 56.5 Å². The van der Waals surface area contributed by atoms with Gasteiger partial charge in [0.15, 0.2) is 0 Å². The summed E-state index contributed by atoms with van der Waals surface area (Å²) < 4.78 is 0. The Labute approximate surface area is 157 Å². The summed E-state index contributed by atoms with van der Waals surface area (Å²) in [5.41, 5.74) is 1.62. The smallest absolute Gasteiger partial charge is 0.315 e. The number of hydrogen-bond donors (Lipinski definition) is 2. The molecule has 0 radical (unpaired) electrons. The van der Waals surface area contributed by atoms with E-state index in [2.05, 4.69) is 35.5 Å². The van der Waals surface area contributed by atoms with E-state index in [0.29, 0.717) is 24.1 Å². The minimum Gasteiger partial charge on any atom is -0.337 e. The molecule has 1 heterocycles. The fourth-order valence-electron chi connectivity index (χ4n) is 3.59. The Hall–Kier alpha value is -2.06. The number of nitrogens with zero attached hydrogens (tertiary/aromatic N) is 2. The maximum Gasteiger partial charge on any atom is 0.315 e. The first-order valence-corrected chi connectivity index (χ1v) is 9.79. The van der Waals surface area contributed by atoms with Gasteiger partial charge in [0.1, 0.15) is 0 Å². The molecule has 1 aliphatic heterocycles. The minimum absolute atomic E-state index is 0.0987. The highest BCUT2D eigenvalue weighted by Gasteiger charge is 2.23. The number of hydrogen-bond acceptors (Lipinski definition) is 3. The van der Waals surface area contributed by atoms with E-state index in [4.69, 9.17) is 5.26 Å². The Morgan fingerprint density at radius 2 is 1.73 bits per heavy atom. The molecule has 1 aromatic rings. The van der Waals surface area contributed by atoms with Crippen LogP contribution >= 0.6 is 0 Å². The Bertz CT molecular complexity index is 597. The second-order valence-corrected chi connectivity index (χ2v) is 7.57. The van der Waals surface area contributed by atoms with Crippen molar-refractivity contribution >= 4 is 6.03 Å². The molecule has 1 fully saturated rings. The first kappa shape index (κ1) is 20.3. The molecule has 0 aliphatic carbocycles. The van der Waals surface area contributed by atoms with E-state index >= 15 is 0 Å². The lowest BCUT2D eigenvalue weighted by Crippen LogP contribution is -2.49. The molecule has 5 nitrogen and oxygen atoms in total. The lowest BCUT2D eigenvalue weighted by molar-refractivity contribution is 0.156. The molecule has 1 saturated heterocycles. The summed E-state index contributed by atoms with van der Waals surface area (Å²) in [5.74, 6) is 0.504. The maximum absolute atomic E-state index is 12.3. The normalized spacial score (nSPS) is 17.8. The van der Waals surface area contributed by atoms with Crippen LogP contribution in [-0.4, -0.2) is 36.6 Å².